The lowest BCUT2D eigenvalue weighted by Crippen LogP contribution is -2.58. The van der Waals surface area contributed by atoms with Crippen molar-refractivity contribution in [1.29, 1.82) is 0 Å². The summed E-state index contributed by atoms with van der Waals surface area (Å²) in [5.74, 6) is -2.13. The van der Waals surface area contributed by atoms with Gasteiger partial charge in [0.05, 0.1) is 18.6 Å². The van der Waals surface area contributed by atoms with Crippen molar-refractivity contribution in [2.24, 2.45) is 29.4 Å². The fourth-order valence-electron chi connectivity index (χ4n) is 7.12. The number of phenolic OH excluding ortho intramolecular Hbond substituents is 1. The van der Waals surface area contributed by atoms with Crippen LogP contribution in [0.2, 0.25) is 0 Å². The van der Waals surface area contributed by atoms with Gasteiger partial charge in [0.25, 0.3) is 0 Å². The Kier molecular flexibility index (Phi) is 9.19. The van der Waals surface area contributed by atoms with Crippen molar-refractivity contribution in [2.75, 3.05) is 13.2 Å². The molecule has 0 spiro atoms. The van der Waals surface area contributed by atoms with Crippen LogP contribution in [-0.2, 0) is 22.4 Å². The van der Waals surface area contributed by atoms with Crippen molar-refractivity contribution in [3.63, 3.8) is 0 Å². The summed E-state index contributed by atoms with van der Waals surface area (Å²) >= 11 is 0. The van der Waals surface area contributed by atoms with Crippen molar-refractivity contribution < 1.29 is 29.7 Å². The molecule has 3 atom stereocenters. The van der Waals surface area contributed by atoms with Crippen LogP contribution in [0.5, 0.6) is 5.75 Å². The molecule has 0 bridgehead atoms. The predicted octanol–water partition coefficient (Wildman–Crippen LogP) is 2.68. The second-order valence-corrected chi connectivity index (χ2v) is 12.6. The molecule has 2 aliphatic rings. The predicted molar refractivity (Wildman–Crippen MR) is 141 cm³/mol. The molecule has 3 rings (SSSR count). The van der Waals surface area contributed by atoms with Crippen LogP contribution in [0.25, 0.3) is 0 Å². The van der Waals surface area contributed by atoms with E-state index in [0.717, 1.165) is 24.0 Å². The summed E-state index contributed by atoms with van der Waals surface area (Å²) in [7, 11) is 0. The third-order valence-corrected chi connectivity index (χ3v) is 8.06. The highest BCUT2D eigenvalue weighted by atomic mass is 16.3. The lowest BCUT2D eigenvalue weighted by atomic mass is 9.72. The highest BCUT2D eigenvalue weighted by molar-refractivity contribution is 6.01. The van der Waals surface area contributed by atoms with Crippen LogP contribution in [0.4, 0.5) is 0 Å². The number of hydrogen-bond donors (Lipinski definition) is 5. The average Bonchev–Trinajstić information content (AvgIpc) is 2.73. The minimum absolute atomic E-state index is 0.00432. The molecular weight excluding hydrogens is 472 g/mol. The highest BCUT2D eigenvalue weighted by Crippen LogP contribution is 2.41. The molecule has 1 heterocycles. The van der Waals surface area contributed by atoms with E-state index >= 15 is 0 Å². The molecule has 1 aliphatic carbocycles. The maximum atomic E-state index is 13.2. The van der Waals surface area contributed by atoms with Crippen LogP contribution in [0.15, 0.2) is 12.1 Å². The Balaban J connectivity index is 1.76. The first kappa shape index (κ1) is 29.3. The number of rotatable bonds is 11. The van der Waals surface area contributed by atoms with Gasteiger partial charge in [-0.1, -0.05) is 12.1 Å². The van der Waals surface area contributed by atoms with Gasteiger partial charge in [-0.05, 0) is 95.1 Å². The van der Waals surface area contributed by atoms with Crippen LogP contribution < -0.4 is 11.1 Å². The molecule has 1 fully saturated rings. The highest BCUT2D eigenvalue weighted by Gasteiger charge is 2.39. The minimum atomic E-state index is -0.814. The van der Waals surface area contributed by atoms with Gasteiger partial charge >= 0.3 is 0 Å². The van der Waals surface area contributed by atoms with Gasteiger partial charge in [-0.25, -0.2) is 0 Å². The van der Waals surface area contributed by atoms with Crippen LogP contribution in [0, 0.1) is 23.7 Å². The summed E-state index contributed by atoms with van der Waals surface area (Å²) in [6.07, 6.45) is 3.73. The molecule has 0 radical (unpaired) electrons. The summed E-state index contributed by atoms with van der Waals surface area (Å²) in [5, 5.41) is 34.2. The first-order valence-corrected chi connectivity index (χ1v) is 13.4. The topological polar surface area (TPSA) is 150 Å². The number of phenols is 1. The maximum absolute atomic E-state index is 13.2. The van der Waals surface area contributed by atoms with E-state index in [9.17, 15) is 29.7 Å². The third kappa shape index (κ3) is 7.39. The molecule has 37 heavy (non-hydrogen) atoms. The van der Waals surface area contributed by atoms with Gasteiger partial charge in [0, 0.05) is 30.0 Å². The smallest absolute Gasteiger partial charge is 0.224 e. The van der Waals surface area contributed by atoms with E-state index in [1.54, 1.807) is 0 Å². The van der Waals surface area contributed by atoms with Crippen molar-refractivity contribution in [3.05, 3.63) is 28.8 Å². The first-order chi connectivity index (χ1) is 17.2. The van der Waals surface area contributed by atoms with Gasteiger partial charge in [-0.2, -0.15) is 0 Å². The molecule has 1 aliphatic heterocycles. The van der Waals surface area contributed by atoms with Gasteiger partial charge in [0.2, 0.25) is 5.91 Å². The number of hydrogen-bond acceptors (Lipinski definition) is 7. The molecule has 8 nitrogen and oxygen atoms in total. The molecule has 1 amide bonds. The molecular formula is C29H44N2O6. The quantitative estimate of drug-likeness (QED) is 0.284. The van der Waals surface area contributed by atoms with E-state index < -0.39 is 30.6 Å². The summed E-state index contributed by atoms with van der Waals surface area (Å²) in [4.78, 5) is 36.9. The number of nitrogens with one attached hydrogen (secondary N) is 1. The fourth-order valence-corrected chi connectivity index (χ4v) is 7.12. The second-order valence-electron chi connectivity index (χ2n) is 12.6. The van der Waals surface area contributed by atoms with E-state index in [4.69, 9.17) is 5.73 Å². The zero-order valence-electron chi connectivity index (χ0n) is 22.7. The molecule has 3 unspecified atom stereocenters. The number of benzene rings is 1. The van der Waals surface area contributed by atoms with E-state index in [0.29, 0.717) is 30.7 Å². The molecule has 8 heteroatoms. The zero-order valence-corrected chi connectivity index (χ0v) is 22.7. The Labute approximate surface area is 220 Å². The normalized spacial score (nSPS) is 22.8. The molecule has 206 valence electrons. The maximum Gasteiger partial charge on any atom is 0.224 e. The number of fused-ring (bicyclic) bond motifs is 1. The number of amides is 1. The summed E-state index contributed by atoms with van der Waals surface area (Å²) < 4.78 is 0. The summed E-state index contributed by atoms with van der Waals surface area (Å²) in [6.45, 7) is 8.18. The molecule has 0 saturated carbocycles. The van der Waals surface area contributed by atoms with Gasteiger partial charge < -0.3 is 26.4 Å². The lowest BCUT2D eigenvalue weighted by Gasteiger charge is -2.46. The van der Waals surface area contributed by atoms with Gasteiger partial charge in [0.15, 0.2) is 5.78 Å². The van der Waals surface area contributed by atoms with Crippen LogP contribution in [0.3, 0.4) is 0 Å². The molecule has 1 aromatic rings. The third-order valence-electron chi connectivity index (χ3n) is 8.06. The molecule has 0 aromatic heterocycles. The van der Waals surface area contributed by atoms with Crippen molar-refractivity contribution in [3.8, 4) is 5.75 Å². The van der Waals surface area contributed by atoms with E-state index in [-0.39, 0.29) is 53.9 Å². The number of piperidine rings is 1. The number of nitrogens with two attached hydrogens (primary N) is 1. The summed E-state index contributed by atoms with van der Waals surface area (Å²) in [6, 6.07) is 3.87. The largest absolute Gasteiger partial charge is 0.507 e. The number of carbonyl (C=O) groups is 3. The zero-order chi connectivity index (χ0) is 27.5. The number of carbonyl (C=O) groups excluding carboxylic acids is 3. The van der Waals surface area contributed by atoms with Gasteiger partial charge in [-0.15, -0.1) is 0 Å². The van der Waals surface area contributed by atoms with Crippen molar-refractivity contribution in [2.45, 2.75) is 90.1 Å². The number of aromatic hydroxyl groups is 1. The molecule has 1 saturated heterocycles. The number of aliphatic hydroxyl groups excluding tert-OH is 2. The number of ketones is 2. The van der Waals surface area contributed by atoms with Crippen LogP contribution in [-0.4, -0.2) is 57.1 Å². The van der Waals surface area contributed by atoms with Gasteiger partial charge in [0.1, 0.15) is 11.5 Å². The van der Waals surface area contributed by atoms with Crippen LogP contribution >= 0.6 is 0 Å². The van der Waals surface area contributed by atoms with E-state index in [1.165, 1.54) is 0 Å². The van der Waals surface area contributed by atoms with E-state index in [2.05, 4.69) is 33.0 Å². The number of aliphatic hydroxyl groups is 2. The van der Waals surface area contributed by atoms with Gasteiger partial charge in [-0.3, -0.25) is 14.4 Å². The molecule has 1 aromatic carbocycles. The van der Waals surface area contributed by atoms with Crippen molar-refractivity contribution in [1.82, 2.24) is 5.32 Å². The Morgan fingerprint density at radius 1 is 1.08 bits per heavy atom. The fraction of sp³-hybridized carbons (Fsp3) is 0.690. The minimum Gasteiger partial charge on any atom is -0.507 e. The molecule has 6 N–H and O–H groups in total. The summed E-state index contributed by atoms with van der Waals surface area (Å²) in [5.41, 5.74) is 7.16. The Morgan fingerprint density at radius 2 is 1.73 bits per heavy atom. The Bertz CT molecular complexity index is 1000. The first-order valence-electron chi connectivity index (χ1n) is 13.4. The average molecular weight is 517 g/mol. The van der Waals surface area contributed by atoms with E-state index in [1.807, 2.05) is 12.1 Å². The van der Waals surface area contributed by atoms with Crippen LogP contribution in [0.1, 0.15) is 87.7 Å². The standard InChI is InChI=1S/C29H44N2O6/c1-28(2)14-18(15-29(3,4)31-28)11-21-6-5-20-10-17(12-24(35)26(20)27(21)37)9-19(7-8-32)22(16-33)23(34)13-25(30)36/h5-6,17-19,22,31-33,37H,7-16H2,1-4H3,(H2,30,36). The Hall–Kier alpha value is -2.29. The van der Waals surface area contributed by atoms with Crippen molar-refractivity contribution >= 4 is 17.5 Å². The number of Topliss-reactive ketones (excluding diaryl/α,β-unsaturated/α-hetero) is 2. The SMILES string of the molecule is CC1(C)CC(Cc2ccc3c(c2O)C(=O)CC(CC(CCO)C(CO)C(=O)CC(N)=O)C3)CC(C)(C)N1. The monoisotopic (exact) mass is 516 g/mol. The number of primary amides is 1. The lowest BCUT2D eigenvalue weighted by molar-refractivity contribution is -0.131. The Morgan fingerprint density at radius 3 is 2.30 bits per heavy atom. The second kappa shape index (κ2) is 11.6.